The lowest BCUT2D eigenvalue weighted by Gasteiger charge is -2.46. The zero-order valence-corrected chi connectivity index (χ0v) is 12.8. The van der Waals surface area contributed by atoms with Gasteiger partial charge in [0.15, 0.2) is 0 Å². The van der Waals surface area contributed by atoms with Crippen LogP contribution in [0, 0.1) is 6.92 Å². The Bertz CT molecular complexity index is 575. The average Bonchev–Trinajstić information content (AvgIpc) is 2.37. The van der Waals surface area contributed by atoms with E-state index in [0.717, 1.165) is 5.69 Å². The number of hydrogen-bond acceptors (Lipinski definition) is 3. The Kier molecular flexibility index (Phi) is 3.61. The molecule has 0 saturated heterocycles. The molecule has 1 amide bonds. The van der Waals surface area contributed by atoms with Crippen LogP contribution in [-0.4, -0.2) is 17.5 Å². The van der Waals surface area contributed by atoms with Crippen LogP contribution in [0.2, 0.25) is 0 Å². The SMILES string of the molecule is CC1=CC(C)(C)N([C@H](C)C(=O)NN)c2ccc(C)cc21. The molecule has 3 N–H and O–H groups in total. The van der Waals surface area contributed by atoms with Crippen LogP contribution >= 0.6 is 0 Å². The number of allylic oxidation sites excluding steroid dienone is 1. The number of hydrazine groups is 1. The van der Waals surface area contributed by atoms with Crippen LogP contribution in [0.5, 0.6) is 0 Å². The highest BCUT2D eigenvalue weighted by molar-refractivity contribution is 5.89. The van der Waals surface area contributed by atoms with Crippen molar-refractivity contribution in [1.29, 1.82) is 0 Å². The number of anilines is 1. The molecular weight excluding hydrogens is 250 g/mol. The van der Waals surface area contributed by atoms with Crippen LogP contribution in [0.3, 0.4) is 0 Å². The van der Waals surface area contributed by atoms with Crippen LogP contribution in [0.15, 0.2) is 24.3 Å². The lowest BCUT2D eigenvalue weighted by atomic mass is 9.86. The lowest BCUT2D eigenvalue weighted by molar-refractivity contribution is -0.122. The molecule has 1 atom stereocenters. The number of hydrogen-bond donors (Lipinski definition) is 2. The summed E-state index contributed by atoms with van der Waals surface area (Å²) in [4.78, 5) is 14.1. The standard InChI is InChI=1S/C16H23N3O/c1-10-6-7-14-13(8-10)11(2)9-16(4,5)19(14)12(3)15(20)18-17/h6-9,12H,17H2,1-5H3,(H,18,20)/t12-/m1/s1. The van der Waals surface area contributed by atoms with E-state index in [0.29, 0.717) is 0 Å². The van der Waals surface area contributed by atoms with Crippen LogP contribution < -0.4 is 16.2 Å². The van der Waals surface area contributed by atoms with E-state index in [1.54, 1.807) is 0 Å². The molecule has 108 valence electrons. The maximum Gasteiger partial charge on any atom is 0.256 e. The van der Waals surface area contributed by atoms with E-state index in [4.69, 9.17) is 5.84 Å². The average molecular weight is 273 g/mol. The number of carbonyl (C=O) groups is 1. The topological polar surface area (TPSA) is 58.4 Å². The van der Waals surface area contributed by atoms with Gasteiger partial charge < -0.3 is 4.90 Å². The van der Waals surface area contributed by atoms with Crippen LogP contribution in [0.1, 0.15) is 38.8 Å². The van der Waals surface area contributed by atoms with E-state index >= 15 is 0 Å². The van der Waals surface area contributed by atoms with E-state index in [1.807, 2.05) is 6.92 Å². The van der Waals surface area contributed by atoms with Gasteiger partial charge in [-0.2, -0.15) is 0 Å². The van der Waals surface area contributed by atoms with Crippen molar-refractivity contribution in [2.75, 3.05) is 4.90 Å². The summed E-state index contributed by atoms with van der Waals surface area (Å²) in [6, 6.07) is 5.99. The van der Waals surface area contributed by atoms with Crippen LogP contribution in [0.4, 0.5) is 5.69 Å². The highest BCUT2D eigenvalue weighted by Crippen LogP contribution is 2.40. The minimum absolute atomic E-state index is 0.183. The normalized spacial score (nSPS) is 18.1. The highest BCUT2D eigenvalue weighted by atomic mass is 16.2. The summed E-state index contributed by atoms with van der Waals surface area (Å²) in [5.41, 5.74) is 6.73. The molecule has 0 aliphatic carbocycles. The van der Waals surface area contributed by atoms with Gasteiger partial charge in [-0.3, -0.25) is 10.2 Å². The van der Waals surface area contributed by atoms with E-state index in [9.17, 15) is 4.79 Å². The molecule has 4 heteroatoms. The van der Waals surface area contributed by atoms with E-state index in [2.05, 4.69) is 62.3 Å². The molecule has 0 unspecified atom stereocenters. The number of amides is 1. The van der Waals surface area contributed by atoms with Gasteiger partial charge in [0.25, 0.3) is 5.91 Å². The van der Waals surface area contributed by atoms with Crippen molar-refractivity contribution in [3.8, 4) is 0 Å². The third-order valence-electron chi connectivity index (χ3n) is 3.94. The van der Waals surface area contributed by atoms with Gasteiger partial charge >= 0.3 is 0 Å². The second kappa shape index (κ2) is 4.94. The summed E-state index contributed by atoms with van der Waals surface area (Å²) in [7, 11) is 0. The molecule has 1 aliphatic rings. The van der Waals surface area contributed by atoms with Gasteiger partial charge in [-0.25, -0.2) is 5.84 Å². The number of benzene rings is 1. The molecule has 1 aromatic carbocycles. The molecule has 0 bridgehead atoms. The first-order valence-electron chi connectivity index (χ1n) is 6.88. The van der Waals surface area contributed by atoms with E-state index < -0.39 is 0 Å². The summed E-state index contributed by atoms with van der Waals surface area (Å²) in [5, 5.41) is 0. The smallest absolute Gasteiger partial charge is 0.256 e. The van der Waals surface area contributed by atoms with Gasteiger partial charge in [-0.15, -0.1) is 0 Å². The fraction of sp³-hybridized carbons (Fsp3) is 0.438. The molecule has 0 radical (unpaired) electrons. The predicted molar refractivity (Wildman–Crippen MR) is 83.2 cm³/mol. The Morgan fingerprint density at radius 2 is 2.00 bits per heavy atom. The minimum Gasteiger partial charge on any atom is -0.351 e. The van der Waals surface area contributed by atoms with Gasteiger partial charge in [-0.1, -0.05) is 17.7 Å². The Hall–Kier alpha value is -1.81. The summed E-state index contributed by atoms with van der Waals surface area (Å²) >= 11 is 0. The molecule has 2 rings (SSSR count). The number of nitrogens with one attached hydrogen (secondary N) is 1. The molecule has 0 spiro atoms. The van der Waals surface area contributed by atoms with Gasteiger partial charge in [0.2, 0.25) is 0 Å². The number of carbonyl (C=O) groups excluding carboxylic acids is 1. The van der Waals surface area contributed by atoms with Crippen molar-refractivity contribution >= 4 is 17.2 Å². The van der Waals surface area contributed by atoms with Crippen molar-refractivity contribution in [3.05, 3.63) is 35.4 Å². The van der Waals surface area contributed by atoms with Gasteiger partial charge in [0.05, 0.1) is 5.54 Å². The Morgan fingerprint density at radius 3 is 2.60 bits per heavy atom. The molecule has 1 aliphatic heterocycles. The van der Waals surface area contributed by atoms with Crippen LogP contribution in [-0.2, 0) is 4.79 Å². The molecular formula is C16H23N3O. The zero-order chi connectivity index (χ0) is 15.1. The molecule has 1 aromatic rings. The lowest BCUT2D eigenvalue weighted by Crippen LogP contribution is -2.56. The summed E-state index contributed by atoms with van der Waals surface area (Å²) in [5.74, 6) is 5.12. The van der Waals surface area contributed by atoms with Crippen molar-refractivity contribution in [2.24, 2.45) is 5.84 Å². The number of nitrogens with zero attached hydrogens (tertiary/aromatic N) is 1. The first-order valence-corrected chi connectivity index (χ1v) is 6.88. The third kappa shape index (κ3) is 2.31. The second-order valence-electron chi connectivity index (χ2n) is 6.06. The Balaban J connectivity index is 2.59. The van der Waals surface area contributed by atoms with Crippen LogP contribution in [0.25, 0.3) is 5.57 Å². The van der Waals surface area contributed by atoms with Gasteiger partial charge in [0.1, 0.15) is 6.04 Å². The third-order valence-corrected chi connectivity index (χ3v) is 3.94. The maximum atomic E-state index is 12.0. The number of aryl methyl sites for hydroxylation is 1. The molecule has 20 heavy (non-hydrogen) atoms. The largest absolute Gasteiger partial charge is 0.351 e. The summed E-state index contributed by atoms with van der Waals surface area (Å²) in [6.07, 6.45) is 2.20. The van der Waals surface area contributed by atoms with E-state index in [-0.39, 0.29) is 17.5 Å². The highest BCUT2D eigenvalue weighted by Gasteiger charge is 2.36. The van der Waals surface area contributed by atoms with Crippen molar-refractivity contribution in [1.82, 2.24) is 5.43 Å². The van der Waals surface area contributed by atoms with Crippen molar-refractivity contribution < 1.29 is 4.79 Å². The monoisotopic (exact) mass is 273 g/mol. The van der Waals surface area contributed by atoms with Crippen molar-refractivity contribution in [3.63, 3.8) is 0 Å². The molecule has 1 heterocycles. The quantitative estimate of drug-likeness (QED) is 0.494. The van der Waals surface area contributed by atoms with E-state index in [1.165, 1.54) is 16.7 Å². The number of rotatable bonds is 2. The molecule has 4 nitrogen and oxygen atoms in total. The fourth-order valence-corrected chi connectivity index (χ4v) is 3.11. The molecule has 0 aromatic heterocycles. The minimum atomic E-state index is -0.333. The number of fused-ring (bicyclic) bond motifs is 1. The Labute approximate surface area is 120 Å². The van der Waals surface area contributed by atoms with Gasteiger partial charge in [-0.05, 0) is 52.3 Å². The summed E-state index contributed by atoms with van der Waals surface area (Å²) in [6.45, 7) is 10.3. The predicted octanol–water partition coefficient (Wildman–Crippen LogP) is 2.38. The Morgan fingerprint density at radius 1 is 1.35 bits per heavy atom. The zero-order valence-electron chi connectivity index (χ0n) is 12.8. The van der Waals surface area contributed by atoms with Gasteiger partial charge in [0, 0.05) is 11.3 Å². The molecule has 0 saturated carbocycles. The summed E-state index contributed by atoms with van der Waals surface area (Å²) < 4.78 is 0. The number of nitrogens with two attached hydrogens (primary N) is 1. The first-order chi connectivity index (χ1) is 9.27. The first kappa shape index (κ1) is 14.6. The fourth-order valence-electron chi connectivity index (χ4n) is 3.11. The van der Waals surface area contributed by atoms with Crippen molar-refractivity contribution in [2.45, 2.75) is 46.2 Å². The maximum absolute atomic E-state index is 12.0. The molecule has 0 fully saturated rings. The second-order valence-corrected chi connectivity index (χ2v) is 6.06.